The summed E-state index contributed by atoms with van der Waals surface area (Å²) in [6, 6.07) is 3.18. The Morgan fingerprint density at radius 3 is 2.72 bits per heavy atom. The molecule has 0 unspecified atom stereocenters. The predicted molar refractivity (Wildman–Crippen MR) is 89.7 cm³/mol. The molecule has 134 valence electrons. The summed E-state index contributed by atoms with van der Waals surface area (Å²) >= 11 is 5.73. The molecule has 3 heterocycles. The Bertz CT molecular complexity index is 846. The number of morpholine rings is 1. The number of carbonyl (C=O) groups is 1. The summed E-state index contributed by atoms with van der Waals surface area (Å²) in [4.78, 5) is 19.9. The summed E-state index contributed by atoms with van der Waals surface area (Å²) in [6.45, 7) is 1.21. The van der Waals surface area contributed by atoms with Gasteiger partial charge in [0.15, 0.2) is 5.03 Å². The van der Waals surface area contributed by atoms with Gasteiger partial charge in [0.05, 0.1) is 24.6 Å². The van der Waals surface area contributed by atoms with Crippen molar-refractivity contribution in [1.82, 2.24) is 18.8 Å². The smallest absolute Gasteiger partial charge is 0.262 e. The highest BCUT2D eigenvalue weighted by Gasteiger charge is 2.28. The second kappa shape index (κ2) is 7.48. The van der Waals surface area contributed by atoms with Gasteiger partial charge in [-0.1, -0.05) is 11.6 Å². The highest BCUT2D eigenvalue weighted by Crippen LogP contribution is 2.15. The number of rotatable bonds is 5. The molecular weight excluding hydrogens is 370 g/mol. The molecule has 1 aliphatic heterocycles. The predicted octanol–water partition coefficient (Wildman–Crippen LogP) is 0.591. The average Bonchev–Trinajstić information content (AvgIpc) is 3.07. The molecule has 2 aromatic heterocycles. The van der Waals surface area contributed by atoms with Crippen LogP contribution in [0.1, 0.15) is 0 Å². The fourth-order valence-corrected chi connectivity index (χ4v) is 3.73. The Balaban J connectivity index is 1.64. The molecule has 11 heteroatoms. The molecule has 0 radical (unpaired) electrons. The number of nitrogens with zero attached hydrogens (tertiary/aromatic N) is 4. The summed E-state index contributed by atoms with van der Waals surface area (Å²) in [6.07, 6.45) is 4.06. The second-order valence-electron chi connectivity index (χ2n) is 5.31. The first-order chi connectivity index (χ1) is 11.9. The molecule has 0 aliphatic carbocycles. The summed E-state index contributed by atoms with van der Waals surface area (Å²) in [7, 11) is -3.68. The van der Waals surface area contributed by atoms with Gasteiger partial charge in [-0.3, -0.25) is 4.79 Å². The number of halogens is 1. The van der Waals surface area contributed by atoms with Gasteiger partial charge in [-0.25, -0.2) is 18.4 Å². The highest BCUT2D eigenvalue weighted by atomic mass is 35.5. The zero-order chi connectivity index (χ0) is 17.9. The summed E-state index contributed by atoms with van der Waals surface area (Å²) < 4.78 is 32.8. The third kappa shape index (κ3) is 4.34. The van der Waals surface area contributed by atoms with Crippen molar-refractivity contribution in [3.63, 3.8) is 0 Å². The molecule has 1 aliphatic rings. The molecule has 0 bridgehead atoms. The van der Waals surface area contributed by atoms with Crippen molar-refractivity contribution in [3.8, 4) is 0 Å². The molecular formula is C14H16ClN5O4S. The lowest BCUT2D eigenvalue weighted by Gasteiger charge is -2.24. The molecule has 3 rings (SSSR count). The number of anilines is 1. The number of hydrogen-bond acceptors (Lipinski definition) is 6. The van der Waals surface area contributed by atoms with E-state index in [9.17, 15) is 13.2 Å². The number of nitrogens with one attached hydrogen (secondary N) is 1. The third-order valence-corrected chi connectivity index (χ3v) is 5.51. The van der Waals surface area contributed by atoms with Gasteiger partial charge < -0.3 is 14.6 Å². The van der Waals surface area contributed by atoms with E-state index in [0.717, 1.165) is 0 Å². The maximum Gasteiger partial charge on any atom is 0.262 e. The molecule has 1 N–H and O–H groups in total. The Morgan fingerprint density at radius 1 is 1.28 bits per heavy atom. The molecule has 0 spiro atoms. The first kappa shape index (κ1) is 17.8. The number of imidazole rings is 1. The van der Waals surface area contributed by atoms with E-state index in [4.69, 9.17) is 16.3 Å². The Labute approximate surface area is 149 Å². The van der Waals surface area contributed by atoms with Gasteiger partial charge in [-0.15, -0.1) is 0 Å². The zero-order valence-electron chi connectivity index (χ0n) is 13.1. The van der Waals surface area contributed by atoms with E-state index in [2.05, 4.69) is 15.3 Å². The van der Waals surface area contributed by atoms with Crippen molar-refractivity contribution in [3.05, 3.63) is 35.9 Å². The fraction of sp³-hybridized carbons (Fsp3) is 0.357. The fourth-order valence-electron chi connectivity index (χ4n) is 2.28. The second-order valence-corrected chi connectivity index (χ2v) is 7.63. The zero-order valence-corrected chi connectivity index (χ0v) is 14.7. The largest absolute Gasteiger partial charge is 0.379 e. The summed E-state index contributed by atoms with van der Waals surface area (Å²) in [5.41, 5.74) is 0. The number of amides is 1. The average molecular weight is 386 g/mol. The van der Waals surface area contributed by atoms with Crippen molar-refractivity contribution in [2.75, 3.05) is 31.6 Å². The minimum atomic E-state index is -3.68. The molecule has 25 heavy (non-hydrogen) atoms. The van der Waals surface area contributed by atoms with Crippen LogP contribution in [-0.4, -0.2) is 59.5 Å². The maximum atomic E-state index is 12.5. The number of sulfonamides is 1. The van der Waals surface area contributed by atoms with Gasteiger partial charge in [0.2, 0.25) is 5.91 Å². The van der Waals surface area contributed by atoms with Gasteiger partial charge >= 0.3 is 0 Å². The quantitative estimate of drug-likeness (QED) is 0.807. The van der Waals surface area contributed by atoms with Crippen LogP contribution in [0.25, 0.3) is 0 Å². The first-order valence-electron chi connectivity index (χ1n) is 7.46. The number of aromatic nitrogens is 3. The Morgan fingerprint density at radius 2 is 2.04 bits per heavy atom. The van der Waals surface area contributed by atoms with E-state index in [0.29, 0.717) is 24.1 Å². The molecule has 9 nitrogen and oxygen atoms in total. The van der Waals surface area contributed by atoms with Gasteiger partial charge in [0, 0.05) is 25.5 Å². The van der Waals surface area contributed by atoms with Crippen molar-refractivity contribution in [2.24, 2.45) is 0 Å². The molecule has 1 fully saturated rings. The number of carbonyl (C=O) groups excluding carboxylic acids is 1. The molecule has 2 aromatic rings. The Kier molecular flexibility index (Phi) is 5.33. The topological polar surface area (TPSA) is 106 Å². The molecule has 1 amide bonds. The van der Waals surface area contributed by atoms with Crippen molar-refractivity contribution < 1.29 is 17.9 Å². The van der Waals surface area contributed by atoms with E-state index in [1.165, 1.54) is 27.6 Å². The Hall–Kier alpha value is -2.01. The lowest BCUT2D eigenvalue weighted by molar-refractivity contribution is -0.116. The van der Waals surface area contributed by atoms with Gasteiger partial charge in [-0.05, 0) is 12.1 Å². The van der Waals surface area contributed by atoms with Crippen LogP contribution < -0.4 is 5.32 Å². The van der Waals surface area contributed by atoms with Crippen molar-refractivity contribution in [1.29, 1.82) is 0 Å². The van der Waals surface area contributed by atoms with Crippen molar-refractivity contribution >= 4 is 33.3 Å². The van der Waals surface area contributed by atoms with Crippen molar-refractivity contribution in [2.45, 2.75) is 11.6 Å². The van der Waals surface area contributed by atoms with E-state index in [1.54, 1.807) is 12.1 Å². The maximum absolute atomic E-state index is 12.5. The van der Waals surface area contributed by atoms with Gasteiger partial charge in [-0.2, -0.15) is 4.31 Å². The lowest BCUT2D eigenvalue weighted by Crippen LogP contribution is -2.40. The molecule has 0 aromatic carbocycles. The molecule has 0 atom stereocenters. The summed E-state index contributed by atoms with van der Waals surface area (Å²) in [5, 5.41) is 2.97. The van der Waals surface area contributed by atoms with Crippen LogP contribution in [-0.2, 0) is 26.1 Å². The van der Waals surface area contributed by atoms with Gasteiger partial charge in [0.25, 0.3) is 10.0 Å². The minimum absolute atomic E-state index is 0.0874. The SMILES string of the molecule is O=C(Cn1cnc(S(=O)(=O)N2CCOCC2)c1)Nc1ccc(Cl)cn1. The third-order valence-electron chi connectivity index (χ3n) is 3.50. The monoisotopic (exact) mass is 385 g/mol. The van der Waals surface area contributed by atoms with E-state index in [1.807, 2.05) is 0 Å². The minimum Gasteiger partial charge on any atom is -0.379 e. The number of ether oxygens (including phenoxy) is 1. The number of pyridine rings is 1. The van der Waals surface area contributed by atoms with Crippen LogP contribution in [0.15, 0.2) is 35.9 Å². The van der Waals surface area contributed by atoms with E-state index < -0.39 is 10.0 Å². The lowest BCUT2D eigenvalue weighted by atomic mass is 10.4. The molecule has 1 saturated heterocycles. The highest BCUT2D eigenvalue weighted by molar-refractivity contribution is 7.89. The first-order valence-corrected chi connectivity index (χ1v) is 9.28. The molecule has 0 saturated carbocycles. The van der Waals surface area contributed by atoms with Crippen LogP contribution in [0, 0.1) is 0 Å². The normalized spacial score (nSPS) is 15.9. The van der Waals surface area contributed by atoms with Crippen LogP contribution >= 0.6 is 11.6 Å². The van der Waals surface area contributed by atoms with Crippen LogP contribution in [0.3, 0.4) is 0 Å². The standard InChI is InChI=1S/C14H16ClN5O4S/c15-11-1-2-12(16-7-11)18-13(21)8-19-9-14(17-10-19)25(22,23)20-3-5-24-6-4-20/h1-2,7,9-10H,3-6,8H2,(H,16,18,21). The van der Waals surface area contributed by atoms with E-state index in [-0.39, 0.29) is 30.6 Å². The summed E-state index contributed by atoms with van der Waals surface area (Å²) in [5.74, 6) is -0.00165. The van der Waals surface area contributed by atoms with Crippen LogP contribution in [0.2, 0.25) is 5.02 Å². The van der Waals surface area contributed by atoms with Gasteiger partial charge in [0.1, 0.15) is 12.4 Å². The van der Waals surface area contributed by atoms with Crippen LogP contribution in [0.5, 0.6) is 0 Å². The van der Waals surface area contributed by atoms with E-state index >= 15 is 0 Å². The van der Waals surface area contributed by atoms with Crippen LogP contribution in [0.4, 0.5) is 5.82 Å². The number of hydrogen-bond donors (Lipinski definition) is 1.